The lowest BCUT2D eigenvalue weighted by molar-refractivity contribution is 0.0948. The van der Waals surface area contributed by atoms with Crippen molar-refractivity contribution in [3.8, 4) is 11.5 Å². The molecule has 0 unspecified atom stereocenters. The number of rotatable bonds is 6. The SMILES string of the molecule is COCCn1cncc1CNC(=O)c1cc2c(cc1C)OCCO2. The second-order valence-electron chi connectivity index (χ2n) is 5.56. The van der Waals surface area contributed by atoms with Crippen molar-refractivity contribution in [2.45, 2.75) is 20.0 Å². The molecule has 2 aromatic rings. The summed E-state index contributed by atoms with van der Waals surface area (Å²) in [5, 5.41) is 2.93. The molecule has 1 aromatic heterocycles. The molecule has 1 aliphatic rings. The maximum atomic E-state index is 12.5. The van der Waals surface area contributed by atoms with Gasteiger partial charge >= 0.3 is 0 Å². The highest BCUT2D eigenvalue weighted by Crippen LogP contribution is 2.32. The standard InChI is InChI=1S/C17H21N3O4/c1-12-7-15-16(24-6-5-23-15)8-14(12)17(21)19-10-13-9-18-11-20(13)3-4-22-2/h7-9,11H,3-6,10H2,1-2H3,(H,19,21). The van der Waals surface area contributed by atoms with E-state index in [0.29, 0.717) is 50.0 Å². The summed E-state index contributed by atoms with van der Waals surface area (Å²) in [4.78, 5) is 16.6. The average molecular weight is 331 g/mol. The van der Waals surface area contributed by atoms with E-state index in [9.17, 15) is 4.79 Å². The fourth-order valence-electron chi connectivity index (χ4n) is 2.59. The first-order valence-corrected chi connectivity index (χ1v) is 7.85. The van der Waals surface area contributed by atoms with Gasteiger partial charge in [-0.3, -0.25) is 4.79 Å². The van der Waals surface area contributed by atoms with Crippen molar-refractivity contribution in [1.29, 1.82) is 0 Å². The van der Waals surface area contributed by atoms with E-state index in [2.05, 4.69) is 10.3 Å². The summed E-state index contributed by atoms with van der Waals surface area (Å²) in [7, 11) is 1.66. The van der Waals surface area contributed by atoms with Gasteiger partial charge in [-0.05, 0) is 24.6 Å². The summed E-state index contributed by atoms with van der Waals surface area (Å²) < 4.78 is 18.1. The van der Waals surface area contributed by atoms with Crippen LogP contribution in [0.5, 0.6) is 11.5 Å². The fraction of sp³-hybridized carbons (Fsp3) is 0.412. The quantitative estimate of drug-likeness (QED) is 0.869. The normalized spacial score (nSPS) is 12.9. The van der Waals surface area contributed by atoms with Crippen molar-refractivity contribution in [3.05, 3.63) is 41.5 Å². The summed E-state index contributed by atoms with van der Waals surface area (Å²) in [6.07, 6.45) is 3.47. The minimum Gasteiger partial charge on any atom is -0.486 e. The summed E-state index contributed by atoms with van der Waals surface area (Å²) in [6, 6.07) is 3.58. The Labute approximate surface area is 140 Å². The van der Waals surface area contributed by atoms with E-state index in [1.807, 2.05) is 17.6 Å². The summed E-state index contributed by atoms with van der Waals surface area (Å²) in [6.45, 7) is 4.61. The predicted octanol–water partition coefficient (Wildman–Crippen LogP) is 1.54. The number of amides is 1. The number of hydrogen-bond acceptors (Lipinski definition) is 5. The van der Waals surface area contributed by atoms with Crippen LogP contribution in [0.2, 0.25) is 0 Å². The highest BCUT2D eigenvalue weighted by molar-refractivity contribution is 5.96. The van der Waals surface area contributed by atoms with Crippen molar-refractivity contribution in [2.24, 2.45) is 0 Å². The highest BCUT2D eigenvalue weighted by atomic mass is 16.6. The second kappa shape index (κ2) is 7.35. The molecule has 0 saturated carbocycles. The molecular weight excluding hydrogens is 310 g/mol. The molecule has 1 aliphatic heterocycles. The van der Waals surface area contributed by atoms with E-state index in [1.54, 1.807) is 25.7 Å². The third-order valence-electron chi connectivity index (χ3n) is 3.90. The molecule has 1 aromatic carbocycles. The van der Waals surface area contributed by atoms with Gasteiger partial charge in [0.25, 0.3) is 5.91 Å². The van der Waals surface area contributed by atoms with Gasteiger partial charge < -0.3 is 24.1 Å². The Morgan fingerprint density at radius 1 is 1.33 bits per heavy atom. The van der Waals surface area contributed by atoms with Gasteiger partial charge in [0, 0.05) is 25.4 Å². The van der Waals surface area contributed by atoms with Crippen LogP contribution < -0.4 is 14.8 Å². The Hall–Kier alpha value is -2.54. The minimum atomic E-state index is -0.149. The van der Waals surface area contributed by atoms with Crippen LogP contribution in [-0.4, -0.2) is 42.4 Å². The molecule has 0 spiro atoms. The number of methoxy groups -OCH3 is 1. The van der Waals surface area contributed by atoms with Crippen molar-refractivity contribution >= 4 is 5.91 Å². The fourth-order valence-corrected chi connectivity index (χ4v) is 2.59. The Bertz CT molecular complexity index is 727. The van der Waals surface area contributed by atoms with E-state index in [0.717, 1.165) is 11.3 Å². The first kappa shape index (κ1) is 16.3. The van der Waals surface area contributed by atoms with Crippen LogP contribution in [0.4, 0.5) is 0 Å². The molecule has 0 saturated heterocycles. The molecule has 0 radical (unpaired) electrons. The lowest BCUT2D eigenvalue weighted by Gasteiger charge is -2.20. The number of imidazole rings is 1. The van der Waals surface area contributed by atoms with Crippen molar-refractivity contribution < 1.29 is 19.0 Å². The zero-order valence-corrected chi connectivity index (χ0v) is 13.9. The van der Waals surface area contributed by atoms with E-state index < -0.39 is 0 Å². The van der Waals surface area contributed by atoms with Crippen molar-refractivity contribution in [1.82, 2.24) is 14.9 Å². The highest BCUT2D eigenvalue weighted by Gasteiger charge is 2.18. The third kappa shape index (κ3) is 3.51. The predicted molar refractivity (Wildman–Crippen MR) is 87.4 cm³/mol. The molecule has 0 bridgehead atoms. The maximum Gasteiger partial charge on any atom is 0.252 e. The molecule has 7 nitrogen and oxygen atoms in total. The van der Waals surface area contributed by atoms with Gasteiger partial charge in [-0.1, -0.05) is 0 Å². The summed E-state index contributed by atoms with van der Waals surface area (Å²) >= 11 is 0. The Balaban J connectivity index is 1.68. The Morgan fingerprint density at radius 2 is 2.08 bits per heavy atom. The molecule has 24 heavy (non-hydrogen) atoms. The molecule has 0 aliphatic carbocycles. The Morgan fingerprint density at radius 3 is 2.83 bits per heavy atom. The molecule has 7 heteroatoms. The number of benzene rings is 1. The summed E-state index contributed by atoms with van der Waals surface area (Å²) in [5.41, 5.74) is 2.36. The lowest BCUT2D eigenvalue weighted by atomic mass is 10.1. The zero-order chi connectivity index (χ0) is 16.9. The Kier molecular flexibility index (Phi) is 5.00. The van der Waals surface area contributed by atoms with E-state index in [1.165, 1.54) is 0 Å². The van der Waals surface area contributed by atoms with Crippen LogP contribution in [0.1, 0.15) is 21.6 Å². The monoisotopic (exact) mass is 331 g/mol. The topological polar surface area (TPSA) is 74.6 Å². The van der Waals surface area contributed by atoms with Gasteiger partial charge in [0.15, 0.2) is 11.5 Å². The van der Waals surface area contributed by atoms with Gasteiger partial charge in [0.1, 0.15) is 13.2 Å². The third-order valence-corrected chi connectivity index (χ3v) is 3.90. The minimum absolute atomic E-state index is 0.149. The average Bonchev–Trinajstić information content (AvgIpc) is 3.04. The van der Waals surface area contributed by atoms with Gasteiger partial charge in [-0.15, -0.1) is 0 Å². The number of fused-ring (bicyclic) bond motifs is 1. The number of nitrogens with zero attached hydrogens (tertiary/aromatic N) is 2. The van der Waals surface area contributed by atoms with Gasteiger partial charge in [-0.25, -0.2) is 4.98 Å². The number of carbonyl (C=O) groups excluding carboxylic acids is 1. The molecule has 128 valence electrons. The van der Waals surface area contributed by atoms with Crippen LogP contribution >= 0.6 is 0 Å². The molecule has 0 atom stereocenters. The first-order valence-electron chi connectivity index (χ1n) is 7.85. The van der Waals surface area contributed by atoms with Crippen LogP contribution in [0, 0.1) is 6.92 Å². The van der Waals surface area contributed by atoms with Crippen LogP contribution in [-0.2, 0) is 17.8 Å². The lowest BCUT2D eigenvalue weighted by Crippen LogP contribution is -2.26. The number of aryl methyl sites for hydroxylation is 1. The van der Waals surface area contributed by atoms with Gasteiger partial charge in [-0.2, -0.15) is 0 Å². The number of hydrogen-bond donors (Lipinski definition) is 1. The molecule has 0 fully saturated rings. The van der Waals surface area contributed by atoms with E-state index in [4.69, 9.17) is 14.2 Å². The second-order valence-corrected chi connectivity index (χ2v) is 5.56. The van der Waals surface area contributed by atoms with Gasteiger partial charge in [0.2, 0.25) is 0 Å². The maximum absolute atomic E-state index is 12.5. The number of aromatic nitrogens is 2. The van der Waals surface area contributed by atoms with Gasteiger partial charge in [0.05, 0.1) is 25.2 Å². The number of ether oxygens (including phenoxy) is 3. The van der Waals surface area contributed by atoms with Crippen LogP contribution in [0.15, 0.2) is 24.7 Å². The molecule has 2 heterocycles. The number of carbonyl (C=O) groups is 1. The zero-order valence-electron chi connectivity index (χ0n) is 13.9. The largest absolute Gasteiger partial charge is 0.486 e. The van der Waals surface area contributed by atoms with Crippen molar-refractivity contribution in [3.63, 3.8) is 0 Å². The molecule has 1 amide bonds. The molecule has 1 N–H and O–H groups in total. The van der Waals surface area contributed by atoms with Crippen molar-refractivity contribution in [2.75, 3.05) is 26.9 Å². The van der Waals surface area contributed by atoms with Crippen LogP contribution in [0.3, 0.4) is 0 Å². The first-order chi connectivity index (χ1) is 11.7. The summed E-state index contributed by atoms with van der Waals surface area (Å²) in [5.74, 6) is 1.15. The molecular formula is C17H21N3O4. The number of nitrogens with one attached hydrogen (secondary N) is 1. The van der Waals surface area contributed by atoms with E-state index in [-0.39, 0.29) is 5.91 Å². The smallest absolute Gasteiger partial charge is 0.252 e. The van der Waals surface area contributed by atoms with Crippen LogP contribution in [0.25, 0.3) is 0 Å². The van der Waals surface area contributed by atoms with E-state index >= 15 is 0 Å². The molecule has 3 rings (SSSR count).